The zero-order valence-electron chi connectivity index (χ0n) is 17.9. The number of hydrogen-bond acceptors (Lipinski definition) is 3. The van der Waals surface area contributed by atoms with Gasteiger partial charge in [0.25, 0.3) is 8.32 Å². The summed E-state index contributed by atoms with van der Waals surface area (Å²) in [5.41, 5.74) is 2.50. The SMILES string of the molecule is C=CCC12C=C(O[Si](C(C)C)(C(C)C)C(C)C)CCC(C#N)=C1CCC2=O. The van der Waals surface area contributed by atoms with Crippen molar-refractivity contribution < 1.29 is 9.22 Å². The maximum atomic E-state index is 13.0. The zero-order valence-corrected chi connectivity index (χ0v) is 18.9. The van der Waals surface area contributed by atoms with Crippen LogP contribution in [0.2, 0.25) is 16.6 Å². The Labute approximate surface area is 166 Å². The maximum Gasteiger partial charge on any atom is 0.258 e. The Balaban J connectivity index is 2.58. The number of allylic oxidation sites excluding steroid dienone is 5. The zero-order chi connectivity index (χ0) is 20.4. The molecule has 0 amide bonds. The van der Waals surface area contributed by atoms with Crippen molar-refractivity contribution in [2.75, 3.05) is 0 Å². The number of rotatable bonds is 7. The summed E-state index contributed by atoms with van der Waals surface area (Å²) in [5.74, 6) is 1.14. The van der Waals surface area contributed by atoms with Gasteiger partial charge in [-0.15, -0.1) is 6.58 Å². The molecule has 0 aromatic heterocycles. The summed E-state index contributed by atoms with van der Waals surface area (Å²) in [7, 11) is -2.10. The van der Waals surface area contributed by atoms with Gasteiger partial charge in [-0.1, -0.05) is 47.6 Å². The Bertz CT molecular complexity index is 687. The molecule has 4 heteroatoms. The molecule has 1 unspecified atom stereocenters. The van der Waals surface area contributed by atoms with Crippen molar-refractivity contribution in [1.29, 1.82) is 5.26 Å². The molecule has 0 aliphatic heterocycles. The average molecular weight is 386 g/mol. The molecular formula is C23H35NO2Si. The number of ketones is 1. The monoisotopic (exact) mass is 385 g/mol. The minimum absolute atomic E-state index is 0.207. The third-order valence-corrected chi connectivity index (χ3v) is 12.7. The predicted molar refractivity (Wildman–Crippen MR) is 114 cm³/mol. The van der Waals surface area contributed by atoms with Gasteiger partial charge in [0.05, 0.1) is 17.2 Å². The van der Waals surface area contributed by atoms with Crippen LogP contribution in [-0.2, 0) is 9.22 Å². The summed E-state index contributed by atoms with van der Waals surface area (Å²) in [6, 6.07) is 2.39. The van der Waals surface area contributed by atoms with Crippen molar-refractivity contribution in [3.05, 3.63) is 35.6 Å². The van der Waals surface area contributed by atoms with E-state index in [1.807, 2.05) is 6.08 Å². The van der Waals surface area contributed by atoms with Crippen molar-refractivity contribution in [3.63, 3.8) is 0 Å². The molecule has 0 heterocycles. The lowest BCUT2D eigenvalue weighted by atomic mass is 9.76. The lowest BCUT2D eigenvalue weighted by Gasteiger charge is -2.43. The van der Waals surface area contributed by atoms with E-state index in [0.29, 0.717) is 48.7 Å². The Kier molecular flexibility index (Phi) is 6.58. The standard InChI is InChI=1S/C23H35NO2Si/c1-8-13-23-14-20(26-27(16(2)3,17(4)5)18(6)7)10-9-19(15-24)21(23)11-12-22(23)25/h8,14,16-18H,1,9-13H2,2-7H3. The molecule has 0 spiro atoms. The molecule has 148 valence electrons. The van der Waals surface area contributed by atoms with Crippen LogP contribution in [0, 0.1) is 16.7 Å². The first-order valence-electron chi connectivity index (χ1n) is 10.3. The van der Waals surface area contributed by atoms with Gasteiger partial charge in [-0.25, -0.2) is 0 Å². The van der Waals surface area contributed by atoms with Crippen LogP contribution in [-0.4, -0.2) is 14.1 Å². The van der Waals surface area contributed by atoms with Gasteiger partial charge in [0.1, 0.15) is 5.78 Å². The number of nitrogens with zero attached hydrogens (tertiary/aromatic N) is 1. The number of carbonyl (C=O) groups is 1. The number of hydrogen-bond donors (Lipinski definition) is 0. The van der Waals surface area contributed by atoms with Crippen molar-refractivity contribution in [2.45, 2.75) is 90.3 Å². The van der Waals surface area contributed by atoms with E-state index in [1.165, 1.54) is 0 Å². The summed E-state index contributed by atoms with van der Waals surface area (Å²) >= 11 is 0. The molecule has 0 radical (unpaired) electrons. The summed E-state index contributed by atoms with van der Waals surface area (Å²) in [4.78, 5) is 13.0. The lowest BCUT2D eigenvalue weighted by molar-refractivity contribution is -0.122. The number of carbonyl (C=O) groups excluding carboxylic acids is 1. The largest absolute Gasteiger partial charge is 0.546 e. The first kappa shape index (κ1) is 21.7. The van der Waals surface area contributed by atoms with E-state index in [1.54, 1.807) is 0 Å². The first-order valence-corrected chi connectivity index (χ1v) is 12.5. The van der Waals surface area contributed by atoms with Crippen LogP contribution in [0.1, 0.15) is 73.6 Å². The molecule has 3 nitrogen and oxygen atoms in total. The molecule has 0 aromatic rings. The first-order chi connectivity index (χ1) is 12.7. The highest BCUT2D eigenvalue weighted by molar-refractivity contribution is 6.77. The summed E-state index contributed by atoms with van der Waals surface area (Å²) < 4.78 is 6.94. The molecule has 0 bridgehead atoms. The van der Waals surface area contributed by atoms with Crippen molar-refractivity contribution in [3.8, 4) is 6.07 Å². The number of nitriles is 1. The molecule has 0 saturated heterocycles. The Morgan fingerprint density at radius 2 is 1.74 bits per heavy atom. The van der Waals surface area contributed by atoms with Crippen LogP contribution >= 0.6 is 0 Å². The van der Waals surface area contributed by atoms with Crippen LogP contribution < -0.4 is 0 Å². The summed E-state index contributed by atoms with van der Waals surface area (Å²) in [6.07, 6.45) is 7.04. The smallest absolute Gasteiger partial charge is 0.258 e. The van der Waals surface area contributed by atoms with Gasteiger partial charge < -0.3 is 4.43 Å². The summed E-state index contributed by atoms with van der Waals surface area (Å²) in [6.45, 7) is 17.5. The predicted octanol–water partition coefficient (Wildman–Crippen LogP) is 6.60. The molecule has 0 N–H and O–H groups in total. The van der Waals surface area contributed by atoms with Gasteiger partial charge in [0.2, 0.25) is 0 Å². The van der Waals surface area contributed by atoms with E-state index in [-0.39, 0.29) is 5.78 Å². The molecule has 2 rings (SSSR count). The van der Waals surface area contributed by atoms with E-state index < -0.39 is 13.7 Å². The van der Waals surface area contributed by atoms with Crippen LogP contribution in [0.25, 0.3) is 0 Å². The maximum absolute atomic E-state index is 13.0. The van der Waals surface area contributed by atoms with Gasteiger partial charge in [-0.05, 0) is 47.5 Å². The van der Waals surface area contributed by atoms with E-state index in [0.717, 1.165) is 16.9 Å². The Morgan fingerprint density at radius 1 is 1.15 bits per heavy atom. The molecule has 1 fully saturated rings. The molecule has 2 aliphatic carbocycles. The molecule has 0 aromatic carbocycles. The molecular weight excluding hydrogens is 350 g/mol. The summed E-state index contributed by atoms with van der Waals surface area (Å²) in [5, 5.41) is 9.72. The van der Waals surface area contributed by atoms with E-state index in [4.69, 9.17) is 4.43 Å². The third-order valence-electron chi connectivity index (χ3n) is 6.65. The topological polar surface area (TPSA) is 50.1 Å². The number of Topliss-reactive ketones (excluding diaryl/α,β-unsaturated/α-hetero) is 1. The molecule has 1 atom stereocenters. The fourth-order valence-corrected chi connectivity index (χ4v) is 10.8. The van der Waals surface area contributed by atoms with Crippen molar-refractivity contribution >= 4 is 14.1 Å². The Morgan fingerprint density at radius 3 is 2.22 bits per heavy atom. The van der Waals surface area contributed by atoms with Crippen LogP contribution in [0.15, 0.2) is 35.6 Å². The van der Waals surface area contributed by atoms with E-state index in [2.05, 4.69) is 60.3 Å². The van der Waals surface area contributed by atoms with Crippen LogP contribution in [0.4, 0.5) is 0 Å². The highest BCUT2D eigenvalue weighted by Gasteiger charge is 2.50. The number of fused-ring (bicyclic) bond motifs is 1. The van der Waals surface area contributed by atoms with Gasteiger partial charge >= 0.3 is 0 Å². The second kappa shape index (κ2) is 8.18. The fraction of sp³-hybridized carbons (Fsp3) is 0.652. The van der Waals surface area contributed by atoms with Gasteiger partial charge in [-0.2, -0.15) is 5.26 Å². The second-order valence-corrected chi connectivity index (χ2v) is 14.4. The fourth-order valence-electron chi connectivity index (χ4n) is 5.49. The van der Waals surface area contributed by atoms with Crippen molar-refractivity contribution in [2.24, 2.45) is 5.41 Å². The van der Waals surface area contributed by atoms with Gasteiger partial charge in [0, 0.05) is 18.4 Å². The Hall–Kier alpha value is -1.60. The van der Waals surface area contributed by atoms with E-state index in [9.17, 15) is 10.1 Å². The highest BCUT2D eigenvalue weighted by Crippen LogP contribution is 2.51. The normalized spacial score (nSPS) is 23.4. The van der Waals surface area contributed by atoms with Crippen LogP contribution in [0.3, 0.4) is 0 Å². The van der Waals surface area contributed by atoms with Gasteiger partial charge in [-0.3, -0.25) is 4.79 Å². The molecule has 27 heavy (non-hydrogen) atoms. The van der Waals surface area contributed by atoms with Gasteiger partial charge in [0.15, 0.2) is 0 Å². The van der Waals surface area contributed by atoms with Crippen molar-refractivity contribution in [1.82, 2.24) is 0 Å². The average Bonchev–Trinajstić information content (AvgIpc) is 2.80. The van der Waals surface area contributed by atoms with E-state index >= 15 is 0 Å². The minimum Gasteiger partial charge on any atom is -0.546 e. The second-order valence-electron chi connectivity index (χ2n) is 8.99. The minimum atomic E-state index is -2.10. The molecule has 2 aliphatic rings. The lowest BCUT2D eigenvalue weighted by Crippen LogP contribution is -2.47. The highest BCUT2D eigenvalue weighted by atomic mass is 28.4. The third kappa shape index (κ3) is 3.59. The quantitative estimate of drug-likeness (QED) is 0.366. The molecule has 1 saturated carbocycles. The van der Waals surface area contributed by atoms with Crippen LogP contribution in [0.5, 0.6) is 0 Å².